The minimum absolute atomic E-state index is 0.256. The number of ether oxygens (including phenoxy) is 1. The molecule has 222 valence electrons. The van der Waals surface area contributed by atoms with Gasteiger partial charge in [0.05, 0.1) is 40.9 Å². The number of hydrogen-bond donors (Lipinski definition) is 1. The number of nitriles is 1. The van der Waals surface area contributed by atoms with Crippen LogP contribution in [0.5, 0.6) is 0 Å². The maximum absolute atomic E-state index is 14.7. The Morgan fingerprint density at radius 2 is 1.98 bits per heavy atom. The predicted octanol–water partition coefficient (Wildman–Crippen LogP) is 7.49. The van der Waals surface area contributed by atoms with Crippen LogP contribution in [0.25, 0.3) is 32.2 Å². The van der Waals surface area contributed by atoms with Gasteiger partial charge in [0.2, 0.25) is 5.95 Å². The molecule has 0 aliphatic carbocycles. The van der Waals surface area contributed by atoms with Crippen molar-refractivity contribution in [2.75, 3.05) is 23.7 Å². The van der Waals surface area contributed by atoms with Crippen LogP contribution in [0.1, 0.15) is 83.4 Å². The molecule has 1 aromatic carbocycles. The van der Waals surface area contributed by atoms with E-state index in [4.69, 9.17) is 20.4 Å². The number of benzene rings is 1. The van der Waals surface area contributed by atoms with E-state index in [9.17, 15) is 9.65 Å². The quantitative estimate of drug-likeness (QED) is 0.227. The van der Waals surface area contributed by atoms with Crippen molar-refractivity contribution < 1.29 is 9.13 Å². The second-order valence-corrected chi connectivity index (χ2v) is 13.8. The molecule has 1 unspecified atom stereocenters. The number of unbranched alkanes of at least 4 members (excludes halogenated alkanes) is 1. The fraction of sp³-hybridized carbons (Fsp3) is 0.500. The summed E-state index contributed by atoms with van der Waals surface area (Å²) < 4.78 is 20.9. The summed E-state index contributed by atoms with van der Waals surface area (Å²) >= 11 is 1.08. The van der Waals surface area contributed by atoms with Crippen molar-refractivity contribution in [1.82, 2.24) is 15.0 Å². The summed E-state index contributed by atoms with van der Waals surface area (Å²) in [5, 5.41) is 12.3. The Labute approximate surface area is 253 Å². The molecule has 0 spiro atoms. The molecule has 7 nitrogen and oxygen atoms in total. The highest BCUT2D eigenvalue weighted by atomic mass is 32.1. The molecule has 2 aliphatic heterocycles. The summed E-state index contributed by atoms with van der Waals surface area (Å²) in [7, 11) is 2.82. The van der Waals surface area contributed by atoms with Crippen molar-refractivity contribution in [2.24, 2.45) is 11.3 Å². The number of nitrogens with zero attached hydrogens (tertiary/aromatic N) is 5. The van der Waals surface area contributed by atoms with Gasteiger partial charge in [-0.2, -0.15) is 5.26 Å². The first-order chi connectivity index (χ1) is 20.1. The Balaban J connectivity index is 0.000000652. The molecule has 1 fully saturated rings. The van der Waals surface area contributed by atoms with Gasteiger partial charge in [0, 0.05) is 40.9 Å². The zero-order valence-electron chi connectivity index (χ0n) is 25.2. The van der Waals surface area contributed by atoms with E-state index in [0.717, 1.165) is 75.6 Å². The Hall–Kier alpha value is -2.92. The molecule has 0 radical (unpaired) electrons. The Kier molecular flexibility index (Phi) is 8.99. The molecule has 3 aromatic heterocycles. The van der Waals surface area contributed by atoms with E-state index in [0.29, 0.717) is 29.0 Å². The highest BCUT2D eigenvalue weighted by molar-refractivity contribution is 7.29. The predicted molar refractivity (Wildman–Crippen MR) is 175 cm³/mol. The molecule has 0 bridgehead atoms. The third-order valence-electron chi connectivity index (χ3n) is 8.62. The van der Waals surface area contributed by atoms with E-state index < -0.39 is 5.82 Å². The van der Waals surface area contributed by atoms with E-state index in [1.54, 1.807) is 0 Å². The molecule has 2 aliphatic rings. The lowest BCUT2D eigenvalue weighted by Crippen LogP contribution is -2.26. The van der Waals surface area contributed by atoms with Gasteiger partial charge in [0.25, 0.3) is 0 Å². The van der Waals surface area contributed by atoms with Crippen molar-refractivity contribution in [1.29, 1.82) is 5.26 Å². The largest absolute Gasteiger partial charge is 0.389 e. The molecule has 0 saturated carbocycles. The van der Waals surface area contributed by atoms with Gasteiger partial charge in [-0.15, -0.1) is 20.6 Å². The third kappa shape index (κ3) is 5.57. The Bertz CT molecular complexity index is 1680. The molecule has 10 heteroatoms. The minimum Gasteiger partial charge on any atom is -0.389 e. The van der Waals surface area contributed by atoms with Gasteiger partial charge in [0.1, 0.15) is 11.1 Å². The lowest BCUT2D eigenvalue weighted by Gasteiger charge is -2.24. The van der Waals surface area contributed by atoms with E-state index in [1.165, 1.54) is 31.9 Å². The number of aromatic nitrogens is 3. The highest BCUT2D eigenvalue weighted by Gasteiger charge is 2.35. The minimum atomic E-state index is -0.485. The number of fused-ring (bicyclic) bond motifs is 4. The lowest BCUT2D eigenvalue weighted by molar-refractivity contribution is 0.135. The van der Waals surface area contributed by atoms with Crippen molar-refractivity contribution in [2.45, 2.75) is 79.9 Å². The fourth-order valence-corrected chi connectivity index (χ4v) is 7.24. The fourth-order valence-electron chi connectivity index (χ4n) is 5.79. The van der Waals surface area contributed by atoms with Gasteiger partial charge >= 0.3 is 0 Å². The number of rotatable bonds is 6. The van der Waals surface area contributed by atoms with Crippen LogP contribution >= 0.6 is 20.6 Å². The summed E-state index contributed by atoms with van der Waals surface area (Å²) in [5.74, 6) is 1.12. The van der Waals surface area contributed by atoms with Gasteiger partial charge in [-0.1, -0.05) is 53.9 Å². The van der Waals surface area contributed by atoms with Crippen LogP contribution in [-0.2, 0) is 18.0 Å². The van der Waals surface area contributed by atoms with Crippen molar-refractivity contribution in [3.05, 3.63) is 34.9 Å². The number of pyridine rings is 1. The summed E-state index contributed by atoms with van der Waals surface area (Å²) in [4.78, 5) is 16.6. The average Bonchev–Trinajstić information content (AvgIpc) is 3.71. The topological polar surface area (TPSA) is 101 Å². The number of anilines is 2. The molecule has 1 saturated heterocycles. The normalized spacial score (nSPS) is 18.0. The molecule has 2 atom stereocenters. The van der Waals surface area contributed by atoms with Gasteiger partial charge in [-0.25, -0.2) is 14.4 Å². The van der Waals surface area contributed by atoms with Crippen LogP contribution in [0.15, 0.2) is 12.4 Å². The van der Waals surface area contributed by atoms with Gasteiger partial charge in [-0.3, -0.25) is 4.98 Å². The monoisotopic (exact) mass is 606 g/mol. The lowest BCUT2D eigenvalue weighted by atomic mass is 9.84. The Morgan fingerprint density at radius 3 is 2.67 bits per heavy atom. The van der Waals surface area contributed by atoms with E-state index in [1.807, 2.05) is 6.20 Å². The standard InChI is InChI=1S/C27H28FN6OPS.C5H12/c1-3-4-5-27(2)6-7-34(13-27)26-32-9-15-16-11-35-12-17(16)19(23(36)21(15)33-26)22-20-14(8-29)25(30)37-24(20)18(28)10-31-22;1-4-5(2)3/h9-10H,3-7,11-13,30,36H2,1-2H3;5H,4H2,1-3H3/t27-;/m1./s1. The molecular weight excluding hydrogens is 566 g/mol. The molecule has 4 aromatic rings. The zero-order chi connectivity index (χ0) is 30.2. The van der Waals surface area contributed by atoms with E-state index >= 15 is 0 Å². The summed E-state index contributed by atoms with van der Waals surface area (Å²) in [6, 6.07) is 2.16. The van der Waals surface area contributed by atoms with Crippen LogP contribution in [0.4, 0.5) is 15.3 Å². The van der Waals surface area contributed by atoms with Gasteiger partial charge in [0.15, 0.2) is 5.82 Å². The van der Waals surface area contributed by atoms with Crippen LogP contribution in [0, 0.1) is 28.5 Å². The van der Waals surface area contributed by atoms with Crippen molar-refractivity contribution >= 4 is 57.8 Å². The smallest absolute Gasteiger partial charge is 0.225 e. The first-order valence-electron chi connectivity index (χ1n) is 14.8. The average molecular weight is 607 g/mol. The zero-order valence-corrected chi connectivity index (χ0v) is 27.2. The van der Waals surface area contributed by atoms with Crippen molar-refractivity contribution in [3.63, 3.8) is 0 Å². The number of nitrogens with two attached hydrogens (primary N) is 1. The molecule has 6 rings (SSSR count). The van der Waals surface area contributed by atoms with Crippen LogP contribution in [0.2, 0.25) is 0 Å². The second-order valence-electron chi connectivity index (χ2n) is 12.2. The molecule has 0 amide bonds. The first-order valence-corrected chi connectivity index (χ1v) is 16.2. The van der Waals surface area contributed by atoms with E-state index in [-0.39, 0.29) is 16.0 Å². The summed E-state index contributed by atoms with van der Waals surface area (Å²) in [5.41, 5.74) is 10.8. The SMILES string of the molecule is CCC(C)C.CCCC[C@]1(C)CCN(c2ncc3c4c(c(-c5ncc(F)c6sc(N)c(C#N)c56)c(P)c3n2)COC4)C1. The first kappa shape index (κ1) is 30.5. The summed E-state index contributed by atoms with van der Waals surface area (Å²) in [6.07, 6.45) is 9.17. The molecule has 5 heterocycles. The summed E-state index contributed by atoms with van der Waals surface area (Å²) in [6.45, 7) is 13.9. The van der Waals surface area contributed by atoms with Crippen LogP contribution < -0.4 is 15.9 Å². The van der Waals surface area contributed by atoms with Gasteiger partial charge < -0.3 is 15.4 Å². The second kappa shape index (κ2) is 12.4. The number of hydrogen-bond acceptors (Lipinski definition) is 8. The van der Waals surface area contributed by atoms with Crippen LogP contribution in [0.3, 0.4) is 0 Å². The maximum Gasteiger partial charge on any atom is 0.225 e. The van der Waals surface area contributed by atoms with Crippen molar-refractivity contribution in [3.8, 4) is 17.3 Å². The van der Waals surface area contributed by atoms with Crippen LogP contribution in [-0.4, -0.2) is 28.0 Å². The number of halogens is 1. The molecule has 42 heavy (non-hydrogen) atoms. The maximum atomic E-state index is 14.7. The Morgan fingerprint density at radius 1 is 1.24 bits per heavy atom. The molecule has 2 N–H and O–H groups in total. The van der Waals surface area contributed by atoms with Gasteiger partial charge in [-0.05, 0) is 35.3 Å². The third-order valence-corrected chi connectivity index (χ3v) is 10.2. The van der Waals surface area contributed by atoms with E-state index in [2.05, 4.69) is 59.8 Å². The molecular formula is C32H40FN6OPS. The number of nitrogen functional groups attached to an aromatic ring is 1. The number of thiophene rings is 1. The highest BCUT2D eigenvalue weighted by Crippen LogP contribution is 2.44.